The van der Waals surface area contributed by atoms with Gasteiger partial charge in [-0.2, -0.15) is 5.10 Å². The van der Waals surface area contributed by atoms with Crippen molar-refractivity contribution in [3.63, 3.8) is 0 Å². The van der Waals surface area contributed by atoms with E-state index in [1.165, 1.54) is 0 Å². The average molecular weight is 175 g/mol. The third-order valence-electron chi connectivity index (χ3n) is 2.22. The molecule has 1 unspecified atom stereocenters. The number of nitrogens with zero attached hydrogens (tertiary/aromatic N) is 2. The van der Waals surface area contributed by atoms with Gasteiger partial charge in [-0.1, -0.05) is 18.2 Å². The van der Waals surface area contributed by atoms with Gasteiger partial charge in [-0.25, -0.2) is 0 Å². The molecule has 0 saturated carbocycles. The minimum absolute atomic E-state index is 0.0254. The molecular weight excluding hydrogens is 162 g/mol. The lowest BCUT2D eigenvalue weighted by Gasteiger charge is -2.05. The van der Waals surface area contributed by atoms with E-state index in [9.17, 15) is 0 Å². The summed E-state index contributed by atoms with van der Waals surface area (Å²) in [6, 6.07) is 8.08. The summed E-state index contributed by atoms with van der Waals surface area (Å²) >= 11 is 0. The standard InChI is InChI=1S/C10H13N3/c1-7(11)10-8-5-3-4-6-9(8)12-13(10)2/h3-7H,11H2,1-2H3. The second-order valence-corrected chi connectivity index (χ2v) is 3.31. The summed E-state index contributed by atoms with van der Waals surface area (Å²) in [7, 11) is 1.93. The number of aryl methyl sites for hydroxylation is 1. The fraction of sp³-hybridized carbons (Fsp3) is 0.300. The summed E-state index contributed by atoms with van der Waals surface area (Å²) in [5, 5.41) is 5.52. The predicted molar refractivity (Wildman–Crippen MR) is 53.3 cm³/mol. The molecule has 0 amide bonds. The summed E-state index contributed by atoms with van der Waals surface area (Å²) in [6.07, 6.45) is 0. The van der Waals surface area contributed by atoms with E-state index in [2.05, 4.69) is 11.2 Å². The number of rotatable bonds is 1. The highest BCUT2D eigenvalue weighted by atomic mass is 15.3. The molecule has 1 aromatic carbocycles. The number of fused-ring (bicyclic) bond motifs is 1. The molecule has 1 atom stereocenters. The Balaban J connectivity index is 2.78. The smallest absolute Gasteiger partial charge is 0.0926 e. The first-order chi connectivity index (χ1) is 6.20. The molecule has 2 N–H and O–H groups in total. The maximum absolute atomic E-state index is 5.86. The first-order valence-corrected chi connectivity index (χ1v) is 4.37. The summed E-state index contributed by atoms with van der Waals surface area (Å²) in [6.45, 7) is 1.98. The van der Waals surface area contributed by atoms with Crippen LogP contribution in [-0.2, 0) is 7.05 Å². The first-order valence-electron chi connectivity index (χ1n) is 4.37. The van der Waals surface area contributed by atoms with Crippen LogP contribution in [0.1, 0.15) is 18.7 Å². The molecule has 0 saturated heterocycles. The predicted octanol–water partition coefficient (Wildman–Crippen LogP) is 1.59. The van der Waals surface area contributed by atoms with Crippen LogP contribution in [0.3, 0.4) is 0 Å². The Morgan fingerprint density at radius 2 is 2.08 bits per heavy atom. The van der Waals surface area contributed by atoms with E-state index in [0.717, 1.165) is 16.6 Å². The number of aromatic nitrogens is 2. The van der Waals surface area contributed by atoms with Gasteiger partial charge in [0, 0.05) is 18.5 Å². The molecule has 0 fully saturated rings. The van der Waals surface area contributed by atoms with Gasteiger partial charge >= 0.3 is 0 Å². The number of benzene rings is 1. The van der Waals surface area contributed by atoms with Gasteiger partial charge in [0.1, 0.15) is 0 Å². The Kier molecular flexibility index (Phi) is 1.81. The lowest BCUT2D eigenvalue weighted by molar-refractivity contribution is 0.662. The zero-order chi connectivity index (χ0) is 9.42. The second kappa shape index (κ2) is 2.85. The molecule has 13 heavy (non-hydrogen) atoms. The summed E-state index contributed by atoms with van der Waals surface area (Å²) in [4.78, 5) is 0. The van der Waals surface area contributed by atoms with Crippen LogP contribution in [0.2, 0.25) is 0 Å². The lowest BCUT2D eigenvalue weighted by atomic mass is 10.1. The van der Waals surface area contributed by atoms with Crippen LogP contribution in [0.25, 0.3) is 10.9 Å². The van der Waals surface area contributed by atoms with E-state index in [4.69, 9.17) is 5.73 Å². The molecule has 0 spiro atoms. The van der Waals surface area contributed by atoms with Crippen molar-refractivity contribution >= 4 is 10.9 Å². The third kappa shape index (κ3) is 1.21. The number of hydrogen-bond donors (Lipinski definition) is 1. The molecule has 0 bridgehead atoms. The van der Waals surface area contributed by atoms with Crippen LogP contribution in [0.5, 0.6) is 0 Å². The van der Waals surface area contributed by atoms with E-state index >= 15 is 0 Å². The monoisotopic (exact) mass is 175 g/mol. The van der Waals surface area contributed by atoms with Gasteiger partial charge in [0.2, 0.25) is 0 Å². The molecule has 3 heteroatoms. The molecule has 0 aliphatic carbocycles. The molecule has 3 nitrogen and oxygen atoms in total. The van der Waals surface area contributed by atoms with E-state index in [0.29, 0.717) is 0 Å². The van der Waals surface area contributed by atoms with Gasteiger partial charge in [0.05, 0.1) is 11.2 Å². The fourth-order valence-electron chi connectivity index (χ4n) is 1.71. The third-order valence-corrected chi connectivity index (χ3v) is 2.22. The van der Waals surface area contributed by atoms with Crippen molar-refractivity contribution in [3.8, 4) is 0 Å². The van der Waals surface area contributed by atoms with Crippen molar-refractivity contribution in [3.05, 3.63) is 30.0 Å². The van der Waals surface area contributed by atoms with Crippen LogP contribution in [0, 0.1) is 0 Å². The van der Waals surface area contributed by atoms with Crippen LogP contribution in [0.15, 0.2) is 24.3 Å². The minimum atomic E-state index is 0.0254. The van der Waals surface area contributed by atoms with Gasteiger partial charge in [-0.15, -0.1) is 0 Å². The molecular formula is C10H13N3. The first kappa shape index (κ1) is 8.26. The van der Waals surface area contributed by atoms with E-state index < -0.39 is 0 Å². The van der Waals surface area contributed by atoms with Crippen LogP contribution >= 0.6 is 0 Å². The Hall–Kier alpha value is -1.35. The molecule has 0 radical (unpaired) electrons. The highest BCUT2D eigenvalue weighted by molar-refractivity contribution is 5.81. The van der Waals surface area contributed by atoms with E-state index in [-0.39, 0.29) is 6.04 Å². The van der Waals surface area contributed by atoms with Gasteiger partial charge in [0.15, 0.2) is 0 Å². The second-order valence-electron chi connectivity index (χ2n) is 3.31. The van der Waals surface area contributed by atoms with Crippen LogP contribution in [0.4, 0.5) is 0 Å². The number of hydrogen-bond acceptors (Lipinski definition) is 2. The lowest BCUT2D eigenvalue weighted by Crippen LogP contribution is -2.10. The Labute approximate surface area is 77.2 Å². The SMILES string of the molecule is CC(N)c1c2ccccc2nn1C. The number of nitrogens with two attached hydrogens (primary N) is 1. The van der Waals surface area contributed by atoms with Crippen LogP contribution < -0.4 is 5.73 Å². The summed E-state index contributed by atoms with van der Waals surface area (Å²) < 4.78 is 1.86. The van der Waals surface area contributed by atoms with Crippen molar-refractivity contribution in [1.29, 1.82) is 0 Å². The molecule has 2 aromatic rings. The molecule has 0 aliphatic heterocycles. The van der Waals surface area contributed by atoms with E-state index in [1.54, 1.807) is 0 Å². The average Bonchev–Trinajstić information content (AvgIpc) is 2.39. The Morgan fingerprint density at radius 3 is 2.77 bits per heavy atom. The Morgan fingerprint density at radius 1 is 1.38 bits per heavy atom. The summed E-state index contributed by atoms with van der Waals surface area (Å²) in [5.74, 6) is 0. The highest BCUT2D eigenvalue weighted by Gasteiger charge is 2.10. The van der Waals surface area contributed by atoms with Gasteiger partial charge in [-0.3, -0.25) is 4.68 Å². The zero-order valence-electron chi connectivity index (χ0n) is 7.86. The normalized spacial score (nSPS) is 13.5. The van der Waals surface area contributed by atoms with Crippen molar-refractivity contribution in [2.75, 3.05) is 0 Å². The van der Waals surface area contributed by atoms with Crippen LogP contribution in [-0.4, -0.2) is 9.78 Å². The van der Waals surface area contributed by atoms with E-state index in [1.807, 2.05) is 36.9 Å². The van der Waals surface area contributed by atoms with Crippen molar-refractivity contribution in [1.82, 2.24) is 9.78 Å². The highest BCUT2D eigenvalue weighted by Crippen LogP contribution is 2.21. The Bertz CT molecular complexity index is 429. The fourth-order valence-corrected chi connectivity index (χ4v) is 1.71. The van der Waals surface area contributed by atoms with Crippen molar-refractivity contribution in [2.24, 2.45) is 12.8 Å². The molecule has 1 heterocycles. The van der Waals surface area contributed by atoms with Gasteiger partial charge < -0.3 is 5.73 Å². The molecule has 68 valence electrons. The zero-order valence-corrected chi connectivity index (χ0v) is 7.86. The molecule has 0 aliphatic rings. The molecule has 2 rings (SSSR count). The molecule has 1 aromatic heterocycles. The minimum Gasteiger partial charge on any atom is -0.323 e. The maximum Gasteiger partial charge on any atom is 0.0926 e. The maximum atomic E-state index is 5.86. The quantitative estimate of drug-likeness (QED) is 0.715. The van der Waals surface area contributed by atoms with Gasteiger partial charge in [-0.05, 0) is 13.0 Å². The van der Waals surface area contributed by atoms with Crippen molar-refractivity contribution in [2.45, 2.75) is 13.0 Å². The summed E-state index contributed by atoms with van der Waals surface area (Å²) in [5.41, 5.74) is 7.97. The topological polar surface area (TPSA) is 43.8 Å². The van der Waals surface area contributed by atoms with Gasteiger partial charge in [0.25, 0.3) is 0 Å². The largest absolute Gasteiger partial charge is 0.323 e. The van der Waals surface area contributed by atoms with Crippen molar-refractivity contribution < 1.29 is 0 Å².